The van der Waals surface area contributed by atoms with Crippen LogP contribution >= 0.6 is 0 Å². The van der Waals surface area contributed by atoms with Crippen molar-refractivity contribution in [1.29, 1.82) is 0 Å². The van der Waals surface area contributed by atoms with Gasteiger partial charge in [-0.2, -0.15) is 0 Å². The first-order valence-electron chi connectivity index (χ1n) is 5.13. The zero-order valence-electron chi connectivity index (χ0n) is 9.19. The molecule has 1 aromatic carbocycles. The zero-order valence-corrected chi connectivity index (χ0v) is 9.19. The molecule has 0 radical (unpaired) electrons. The third-order valence-corrected chi connectivity index (χ3v) is 2.18. The largest absolute Gasteiger partial charge is 0.460 e. The summed E-state index contributed by atoms with van der Waals surface area (Å²) >= 11 is 0. The highest BCUT2D eigenvalue weighted by Gasteiger charge is 2.08. The van der Waals surface area contributed by atoms with E-state index in [0.29, 0.717) is 6.61 Å². The Labute approximate surface area is 90.2 Å². The molecule has 3 heteroatoms. The van der Waals surface area contributed by atoms with E-state index in [4.69, 9.17) is 10.5 Å². The fraction of sp³-hybridized carbons (Fsp3) is 0.417. The monoisotopic (exact) mass is 207 g/mol. The Balaban J connectivity index is 2.47. The lowest BCUT2D eigenvalue weighted by atomic mass is 10.1. The van der Waals surface area contributed by atoms with Gasteiger partial charge in [0.15, 0.2) is 0 Å². The maximum atomic E-state index is 11.1. The van der Waals surface area contributed by atoms with E-state index in [0.717, 1.165) is 12.0 Å². The number of aryl methyl sites for hydroxylation is 1. The van der Waals surface area contributed by atoms with Crippen LogP contribution in [0, 0.1) is 0 Å². The summed E-state index contributed by atoms with van der Waals surface area (Å²) in [7, 11) is 0. The Kier molecular flexibility index (Phi) is 4.31. The number of nitrogens with two attached hydrogens (primary N) is 1. The molecule has 0 bridgehead atoms. The first kappa shape index (κ1) is 11.7. The van der Waals surface area contributed by atoms with Crippen molar-refractivity contribution in [2.75, 3.05) is 0 Å². The number of ether oxygens (including phenoxy) is 1. The summed E-state index contributed by atoms with van der Waals surface area (Å²) in [6.45, 7) is 4.01. The van der Waals surface area contributed by atoms with Crippen LogP contribution in [0.3, 0.4) is 0 Å². The molecule has 0 spiro atoms. The second-order valence-electron chi connectivity index (χ2n) is 3.57. The first-order chi connectivity index (χ1) is 7.13. The highest BCUT2D eigenvalue weighted by molar-refractivity contribution is 5.74. The molecule has 0 aromatic heterocycles. The molecule has 0 aliphatic carbocycles. The van der Waals surface area contributed by atoms with Gasteiger partial charge in [0.2, 0.25) is 0 Å². The van der Waals surface area contributed by atoms with Crippen LogP contribution in [-0.2, 0) is 22.6 Å². The zero-order chi connectivity index (χ0) is 11.3. The van der Waals surface area contributed by atoms with Gasteiger partial charge in [-0.3, -0.25) is 4.79 Å². The molecular weight excluding hydrogens is 190 g/mol. The average Bonchev–Trinajstić information content (AvgIpc) is 2.26. The van der Waals surface area contributed by atoms with Crippen molar-refractivity contribution in [1.82, 2.24) is 0 Å². The molecule has 15 heavy (non-hydrogen) atoms. The van der Waals surface area contributed by atoms with E-state index < -0.39 is 6.04 Å². The smallest absolute Gasteiger partial charge is 0.322 e. The van der Waals surface area contributed by atoms with Gasteiger partial charge in [-0.05, 0) is 24.5 Å². The maximum absolute atomic E-state index is 11.1. The average molecular weight is 207 g/mol. The van der Waals surface area contributed by atoms with Crippen LogP contribution in [0.5, 0.6) is 0 Å². The van der Waals surface area contributed by atoms with E-state index in [9.17, 15) is 4.79 Å². The van der Waals surface area contributed by atoms with Gasteiger partial charge in [0.1, 0.15) is 12.6 Å². The summed E-state index contributed by atoms with van der Waals surface area (Å²) in [6.07, 6.45) is 1.01. The maximum Gasteiger partial charge on any atom is 0.322 e. The Bertz CT molecular complexity index is 317. The van der Waals surface area contributed by atoms with Crippen LogP contribution < -0.4 is 5.73 Å². The van der Waals surface area contributed by atoms with Crippen molar-refractivity contribution in [3.63, 3.8) is 0 Å². The molecule has 0 aliphatic heterocycles. The topological polar surface area (TPSA) is 52.3 Å². The number of hydrogen-bond donors (Lipinski definition) is 1. The van der Waals surface area contributed by atoms with Crippen molar-refractivity contribution >= 4 is 5.97 Å². The minimum atomic E-state index is -0.556. The van der Waals surface area contributed by atoms with Crippen LogP contribution in [0.25, 0.3) is 0 Å². The fourth-order valence-corrected chi connectivity index (χ4v) is 1.16. The molecule has 3 nitrogen and oxygen atoms in total. The second-order valence-corrected chi connectivity index (χ2v) is 3.57. The van der Waals surface area contributed by atoms with E-state index in [1.54, 1.807) is 6.92 Å². The molecule has 0 saturated heterocycles. The highest BCUT2D eigenvalue weighted by Crippen LogP contribution is 2.06. The lowest BCUT2D eigenvalue weighted by molar-refractivity contribution is -0.146. The summed E-state index contributed by atoms with van der Waals surface area (Å²) in [5, 5.41) is 0. The van der Waals surface area contributed by atoms with E-state index in [-0.39, 0.29) is 5.97 Å². The molecule has 1 aromatic rings. The molecule has 82 valence electrons. The molecule has 0 fully saturated rings. The second kappa shape index (κ2) is 5.51. The van der Waals surface area contributed by atoms with Crippen molar-refractivity contribution in [3.8, 4) is 0 Å². The minimum absolute atomic E-state index is 0.296. The van der Waals surface area contributed by atoms with Crippen LogP contribution in [0.15, 0.2) is 24.3 Å². The Hall–Kier alpha value is -1.35. The predicted octanol–water partition coefficient (Wildman–Crippen LogP) is 1.64. The van der Waals surface area contributed by atoms with Gasteiger partial charge < -0.3 is 10.5 Å². The van der Waals surface area contributed by atoms with Gasteiger partial charge in [0.05, 0.1) is 0 Å². The van der Waals surface area contributed by atoms with E-state index in [1.807, 2.05) is 24.3 Å². The molecule has 1 atom stereocenters. The van der Waals surface area contributed by atoms with E-state index in [1.165, 1.54) is 5.56 Å². The van der Waals surface area contributed by atoms with E-state index >= 15 is 0 Å². The van der Waals surface area contributed by atoms with Gasteiger partial charge in [-0.1, -0.05) is 31.2 Å². The predicted molar refractivity (Wildman–Crippen MR) is 59.3 cm³/mol. The summed E-state index contributed by atoms with van der Waals surface area (Å²) in [4.78, 5) is 11.1. The van der Waals surface area contributed by atoms with Crippen molar-refractivity contribution < 1.29 is 9.53 Å². The van der Waals surface area contributed by atoms with Gasteiger partial charge in [-0.15, -0.1) is 0 Å². The Morgan fingerprint density at radius 3 is 2.33 bits per heavy atom. The normalized spacial score (nSPS) is 12.2. The molecule has 0 saturated carbocycles. The quantitative estimate of drug-likeness (QED) is 0.764. The molecule has 0 aliphatic rings. The van der Waals surface area contributed by atoms with Gasteiger partial charge in [0, 0.05) is 0 Å². The number of esters is 1. The fourth-order valence-electron chi connectivity index (χ4n) is 1.16. The molecular formula is C12H17NO2. The Morgan fingerprint density at radius 2 is 1.87 bits per heavy atom. The minimum Gasteiger partial charge on any atom is -0.460 e. The molecule has 1 unspecified atom stereocenters. The van der Waals surface area contributed by atoms with Gasteiger partial charge >= 0.3 is 5.97 Å². The lowest BCUT2D eigenvalue weighted by Gasteiger charge is -2.07. The van der Waals surface area contributed by atoms with Gasteiger partial charge in [0.25, 0.3) is 0 Å². The van der Waals surface area contributed by atoms with Crippen LogP contribution in [0.1, 0.15) is 25.0 Å². The standard InChI is InChI=1S/C12H17NO2/c1-3-10-4-6-11(7-5-10)8-15-12(14)9(2)13/h4-7,9H,3,8,13H2,1-2H3. The first-order valence-corrected chi connectivity index (χ1v) is 5.13. The molecule has 2 N–H and O–H groups in total. The SMILES string of the molecule is CCc1ccc(COC(=O)C(C)N)cc1. The number of carbonyl (C=O) groups excluding carboxylic acids is 1. The van der Waals surface area contributed by atoms with Crippen molar-refractivity contribution in [2.24, 2.45) is 5.73 Å². The van der Waals surface area contributed by atoms with Crippen molar-refractivity contribution in [2.45, 2.75) is 32.9 Å². The van der Waals surface area contributed by atoms with Crippen LogP contribution in [0.4, 0.5) is 0 Å². The number of benzene rings is 1. The highest BCUT2D eigenvalue weighted by atomic mass is 16.5. The van der Waals surface area contributed by atoms with E-state index in [2.05, 4.69) is 6.92 Å². The molecule has 0 amide bonds. The third-order valence-electron chi connectivity index (χ3n) is 2.18. The summed E-state index contributed by atoms with van der Waals surface area (Å²) < 4.78 is 5.00. The molecule has 1 rings (SSSR count). The van der Waals surface area contributed by atoms with Gasteiger partial charge in [-0.25, -0.2) is 0 Å². The Morgan fingerprint density at radius 1 is 1.33 bits per heavy atom. The lowest BCUT2D eigenvalue weighted by Crippen LogP contribution is -2.28. The van der Waals surface area contributed by atoms with Crippen molar-refractivity contribution in [3.05, 3.63) is 35.4 Å². The molecule has 0 heterocycles. The number of hydrogen-bond acceptors (Lipinski definition) is 3. The summed E-state index contributed by atoms with van der Waals surface area (Å²) in [5.74, 6) is -0.366. The van der Waals surface area contributed by atoms with Crippen LogP contribution in [-0.4, -0.2) is 12.0 Å². The number of rotatable bonds is 4. The summed E-state index contributed by atoms with van der Waals surface area (Å²) in [5.41, 5.74) is 7.63. The number of carbonyl (C=O) groups is 1. The van der Waals surface area contributed by atoms with Crippen LogP contribution in [0.2, 0.25) is 0 Å². The summed E-state index contributed by atoms with van der Waals surface area (Å²) in [6, 6.07) is 7.45. The third kappa shape index (κ3) is 3.72.